The Balaban J connectivity index is 1.63. The minimum Gasteiger partial charge on any atom is -0.480 e. The number of hydrogen-bond acceptors (Lipinski definition) is 4. The topological polar surface area (TPSA) is 66.8 Å². The van der Waals surface area contributed by atoms with Crippen LogP contribution in [-0.2, 0) is 27.5 Å². The third-order valence-electron chi connectivity index (χ3n) is 4.24. The highest BCUT2D eigenvalue weighted by Gasteiger charge is 2.47. The monoisotopic (exact) mass is 325 g/mol. The Morgan fingerprint density at radius 2 is 1.54 bits per heavy atom. The summed E-state index contributed by atoms with van der Waals surface area (Å²) in [4.78, 5) is 25.3. The molecule has 5 nitrogen and oxygen atoms in total. The van der Waals surface area contributed by atoms with Crippen molar-refractivity contribution >= 4 is 11.9 Å². The van der Waals surface area contributed by atoms with Crippen LogP contribution in [0.5, 0.6) is 0 Å². The first-order chi connectivity index (χ1) is 11.6. The van der Waals surface area contributed by atoms with Gasteiger partial charge in [0.15, 0.2) is 0 Å². The Kier molecular flexibility index (Phi) is 4.91. The van der Waals surface area contributed by atoms with Crippen LogP contribution in [-0.4, -0.2) is 34.0 Å². The van der Waals surface area contributed by atoms with E-state index < -0.39 is 18.1 Å². The molecule has 24 heavy (non-hydrogen) atoms. The van der Waals surface area contributed by atoms with E-state index in [0.717, 1.165) is 11.1 Å². The predicted molar refractivity (Wildman–Crippen MR) is 88.1 cm³/mol. The Morgan fingerprint density at radius 1 is 0.958 bits per heavy atom. The number of carbonyl (C=O) groups excluding carboxylic acids is 1. The number of benzene rings is 2. The zero-order chi connectivity index (χ0) is 16.9. The largest absolute Gasteiger partial charge is 0.480 e. The van der Waals surface area contributed by atoms with E-state index >= 15 is 0 Å². The molecule has 3 rings (SSSR count). The first-order valence-corrected chi connectivity index (χ1v) is 7.88. The van der Waals surface area contributed by atoms with Crippen LogP contribution in [0.3, 0.4) is 0 Å². The molecule has 1 saturated heterocycles. The van der Waals surface area contributed by atoms with Crippen LogP contribution >= 0.6 is 0 Å². The summed E-state index contributed by atoms with van der Waals surface area (Å²) in [5.41, 5.74) is 1.89. The Bertz CT molecular complexity index is 702. The molecule has 1 N–H and O–H groups in total. The molecule has 0 amide bonds. The summed E-state index contributed by atoms with van der Waals surface area (Å²) in [5, 5.41) is 9.30. The van der Waals surface area contributed by atoms with Gasteiger partial charge in [0.1, 0.15) is 18.7 Å². The third-order valence-corrected chi connectivity index (χ3v) is 4.24. The van der Waals surface area contributed by atoms with Gasteiger partial charge < -0.3 is 9.84 Å². The average Bonchev–Trinajstić information content (AvgIpc) is 2.58. The Labute approximate surface area is 140 Å². The second-order valence-corrected chi connectivity index (χ2v) is 5.86. The van der Waals surface area contributed by atoms with Crippen molar-refractivity contribution in [2.24, 2.45) is 0 Å². The molecule has 2 aromatic carbocycles. The highest BCUT2D eigenvalue weighted by atomic mass is 16.5. The summed E-state index contributed by atoms with van der Waals surface area (Å²) in [6.45, 7) is 0.621. The van der Waals surface area contributed by atoms with Crippen LogP contribution < -0.4 is 0 Å². The number of rotatable bonds is 6. The van der Waals surface area contributed by atoms with Crippen molar-refractivity contribution in [1.29, 1.82) is 0 Å². The average molecular weight is 325 g/mol. The van der Waals surface area contributed by atoms with Crippen molar-refractivity contribution in [2.45, 2.75) is 31.7 Å². The summed E-state index contributed by atoms with van der Waals surface area (Å²) in [6.07, 6.45) is 0.287. The summed E-state index contributed by atoms with van der Waals surface area (Å²) in [7, 11) is 0. The second kappa shape index (κ2) is 7.27. The van der Waals surface area contributed by atoms with E-state index in [2.05, 4.69) is 0 Å². The molecular weight excluding hydrogens is 306 g/mol. The van der Waals surface area contributed by atoms with E-state index in [9.17, 15) is 14.7 Å². The molecule has 1 heterocycles. The first-order valence-electron chi connectivity index (χ1n) is 7.88. The van der Waals surface area contributed by atoms with Gasteiger partial charge in [-0.15, -0.1) is 0 Å². The lowest BCUT2D eigenvalue weighted by atomic mass is 9.92. The van der Waals surface area contributed by atoms with Crippen LogP contribution in [0.4, 0.5) is 0 Å². The highest BCUT2D eigenvalue weighted by molar-refractivity contribution is 5.83. The van der Waals surface area contributed by atoms with Gasteiger partial charge in [-0.2, -0.15) is 0 Å². The maximum absolute atomic E-state index is 12.3. The molecule has 2 atom stereocenters. The number of nitrogens with zero attached hydrogens (tertiary/aromatic N) is 1. The lowest BCUT2D eigenvalue weighted by molar-refractivity contribution is -0.169. The summed E-state index contributed by atoms with van der Waals surface area (Å²) >= 11 is 0. The zero-order valence-corrected chi connectivity index (χ0v) is 13.2. The van der Waals surface area contributed by atoms with Gasteiger partial charge >= 0.3 is 11.9 Å². The summed E-state index contributed by atoms with van der Waals surface area (Å²) in [6, 6.07) is 17.8. The van der Waals surface area contributed by atoms with Gasteiger partial charge in [0.2, 0.25) is 0 Å². The maximum atomic E-state index is 12.3. The van der Waals surface area contributed by atoms with Crippen molar-refractivity contribution in [3.63, 3.8) is 0 Å². The standard InChI is InChI=1S/C19H19NO4/c21-18(22)16-11-17(20(16)12-14-7-3-1-4-8-14)19(23)24-13-15-9-5-2-6-10-15/h1-10,16-17H,11-13H2,(H,21,22)/t16-,17+/m0/s1. The third kappa shape index (κ3) is 3.63. The fraction of sp³-hybridized carbons (Fsp3) is 0.263. The van der Waals surface area contributed by atoms with Crippen LogP contribution in [0, 0.1) is 0 Å². The van der Waals surface area contributed by atoms with Gasteiger partial charge in [-0.1, -0.05) is 60.7 Å². The number of esters is 1. The molecule has 124 valence electrons. The minimum absolute atomic E-state index is 0.201. The van der Waals surface area contributed by atoms with Crippen LogP contribution in [0.1, 0.15) is 17.5 Å². The molecule has 0 aliphatic carbocycles. The van der Waals surface area contributed by atoms with Gasteiger partial charge in [0.25, 0.3) is 0 Å². The van der Waals surface area contributed by atoms with Gasteiger partial charge in [0, 0.05) is 6.54 Å². The van der Waals surface area contributed by atoms with Crippen LogP contribution in [0.25, 0.3) is 0 Å². The van der Waals surface area contributed by atoms with Gasteiger partial charge in [-0.3, -0.25) is 14.5 Å². The number of aliphatic carboxylic acids is 1. The van der Waals surface area contributed by atoms with Gasteiger partial charge in [-0.25, -0.2) is 0 Å². The van der Waals surface area contributed by atoms with Crippen molar-refractivity contribution in [3.8, 4) is 0 Å². The molecule has 0 unspecified atom stereocenters. The van der Waals surface area contributed by atoms with E-state index in [0.29, 0.717) is 6.54 Å². The zero-order valence-electron chi connectivity index (χ0n) is 13.2. The van der Waals surface area contributed by atoms with Crippen molar-refractivity contribution in [3.05, 3.63) is 71.8 Å². The molecule has 5 heteroatoms. The summed E-state index contributed by atoms with van der Waals surface area (Å²) in [5.74, 6) is -1.27. The number of likely N-dealkylation sites (tertiary alicyclic amines) is 1. The predicted octanol–water partition coefficient (Wildman–Crippen LogP) is 2.46. The maximum Gasteiger partial charge on any atom is 0.323 e. The van der Waals surface area contributed by atoms with Crippen LogP contribution in [0.2, 0.25) is 0 Å². The van der Waals surface area contributed by atoms with E-state index in [1.807, 2.05) is 60.7 Å². The van der Waals surface area contributed by atoms with E-state index in [4.69, 9.17) is 4.74 Å². The van der Waals surface area contributed by atoms with Gasteiger partial charge in [0.05, 0.1) is 0 Å². The quantitative estimate of drug-likeness (QED) is 0.827. The lowest BCUT2D eigenvalue weighted by Gasteiger charge is -2.44. The SMILES string of the molecule is O=C(OCc1ccccc1)[C@H]1C[C@@H](C(=O)O)N1Cc1ccccc1. The molecule has 1 aliphatic rings. The number of ether oxygens (including phenoxy) is 1. The van der Waals surface area contributed by atoms with Crippen LogP contribution in [0.15, 0.2) is 60.7 Å². The van der Waals surface area contributed by atoms with Crippen molar-refractivity contribution in [2.75, 3.05) is 0 Å². The molecule has 0 spiro atoms. The Hall–Kier alpha value is -2.66. The van der Waals surface area contributed by atoms with E-state index in [1.165, 1.54) is 0 Å². The van der Waals surface area contributed by atoms with Gasteiger partial charge in [-0.05, 0) is 17.5 Å². The molecular formula is C19H19NO4. The van der Waals surface area contributed by atoms with Crippen molar-refractivity contribution < 1.29 is 19.4 Å². The number of hydrogen-bond donors (Lipinski definition) is 1. The fourth-order valence-electron chi connectivity index (χ4n) is 2.88. The first kappa shape index (κ1) is 16.2. The van der Waals surface area contributed by atoms with E-state index in [1.54, 1.807) is 4.90 Å². The lowest BCUT2D eigenvalue weighted by Crippen LogP contribution is -2.62. The molecule has 0 saturated carbocycles. The molecule has 1 fully saturated rings. The summed E-state index contributed by atoms with van der Waals surface area (Å²) < 4.78 is 5.35. The molecule has 0 radical (unpaired) electrons. The minimum atomic E-state index is -0.905. The molecule has 1 aliphatic heterocycles. The second-order valence-electron chi connectivity index (χ2n) is 5.86. The number of carboxylic acids is 1. The normalized spacial score (nSPS) is 20.2. The fourth-order valence-corrected chi connectivity index (χ4v) is 2.88. The Morgan fingerprint density at radius 3 is 2.12 bits per heavy atom. The van der Waals surface area contributed by atoms with Crippen molar-refractivity contribution in [1.82, 2.24) is 4.90 Å². The molecule has 0 bridgehead atoms. The molecule has 2 aromatic rings. The molecule has 0 aromatic heterocycles. The smallest absolute Gasteiger partial charge is 0.323 e. The van der Waals surface area contributed by atoms with E-state index in [-0.39, 0.29) is 19.0 Å². The highest BCUT2D eigenvalue weighted by Crippen LogP contribution is 2.29. The number of carbonyl (C=O) groups is 2. The number of carboxylic acid groups (broad SMARTS) is 1.